The van der Waals surface area contributed by atoms with Gasteiger partial charge in [-0.2, -0.15) is 0 Å². The highest BCUT2D eigenvalue weighted by molar-refractivity contribution is 7.90. The van der Waals surface area contributed by atoms with Crippen LogP contribution in [0.3, 0.4) is 0 Å². The lowest BCUT2D eigenvalue weighted by Crippen LogP contribution is -2.49. The summed E-state index contributed by atoms with van der Waals surface area (Å²) in [5, 5.41) is 0. The number of piperazine rings is 1. The molecule has 3 aliphatic rings. The number of carbonyl (C=O) groups is 2. The Morgan fingerprint density at radius 2 is 1.88 bits per heavy atom. The number of benzene rings is 1. The first-order chi connectivity index (χ1) is 15.3. The molecule has 0 saturated carbocycles. The Morgan fingerprint density at radius 3 is 2.62 bits per heavy atom. The Balaban J connectivity index is 1.24. The van der Waals surface area contributed by atoms with Crippen molar-refractivity contribution in [2.24, 2.45) is 4.40 Å². The molecule has 10 heteroatoms. The number of aryl methyl sites for hydroxylation is 1. The van der Waals surface area contributed by atoms with Crippen LogP contribution in [0.25, 0.3) is 0 Å². The van der Waals surface area contributed by atoms with Gasteiger partial charge in [-0.15, -0.1) is 4.40 Å². The number of fused-ring (bicyclic) bond motifs is 1. The van der Waals surface area contributed by atoms with Crippen molar-refractivity contribution >= 4 is 27.7 Å². The predicted octanol–water partition coefficient (Wildman–Crippen LogP) is 0.680. The summed E-state index contributed by atoms with van der Waals surface area (Å²) in [5.74, 6) is -0.690. The molecule has 1 aromatic carbocycles. The highest BCUT2D eigenvalue weighted by Gasteiger charge is 2.26. The van der Waals surface area contributed by atoms with Crippen LogP contribution in [0, 0.1) is 6.92 Å². The Hall–Kier alpha value is -2.98. The molecule has 9 nitrogen and oxygen atoms in total. The summed E-state index contributed by atoms with van der Waals surface area (Å²) in [7, 11) is -3.45. The van der Waals surface area contributed by atoms with Gasteiger partial charge in [0.25, 0.3) is 15.9 Å². The molecular formula is C22H26N4O5S. The van der Waals surface area contributed by atoms with E-state index >= 15 is 0 Å². The third kappa shape index (κ3) is 5.43. The molecule has 4 rings (SSSR count). The van der Waals surface area contributed by atoms with Crippen LogP contribution in [-0.4, -0.2) is 85.9 Å². The van der Waals surface area contributed by atoms with Crippen LogP contribution in [0.5, 0.6) is 0 Å². The lowest BCUT2D eigenvalue weighted by atomic mass is 10.1. The molecular weight excluding hydrogens is 432 g/mol. The monoisotopic (exact) mass is 458 g/mol. The first-order valence-electron chi connectivity index (χ1n) is 10.5. The minimum atomic E-state index is -3.45. The molecule has 0 atom stereocenters. The number of carbonyl (C=O) groups excluding carboxylic acids is 2. The lowest BCUT2D eigenvalue weighted by Gasteiger charge is -2.34. The second-order valence-corrected chi connectivity index (χ2v) is 9.82. The average Bonchev–Trinajstić information content (AvgIpc) is 2.77. The van der Waals surface area contributed by atoms with Crippen molar-refractivity contribution in [1.29, 1.82) is 0 Å². The molecule has 32 heavy (non-hydrogen) atoms. The number of rotatable bonds is 5. The van der Waals surface area contributed by atoms with Crippen LogP contribution in [0.1, 0.15) is 11.1 Å². The number of amides is 1. The second kappa shape index (κ2) is 9.25. The summed E-state index contributed by atoms with van der Waals surface area (Å²) in [5.41, 5.74) is 2.74. The largest absolute Gasteiger partial charge is 0.452 e. The van der Waals surface area contributed by atoms with Gasteiger partial charge in [-0.05, 0) is 24.6 Å². The van der Waals surface area contributed by atoms with E-state index < -0.39 is 16.0 Å². The van der Waals surface area contributed by atoms with Crippen molar-refractivity contribution in [3.05, 3.63) is 59.3 Å². The third-order valence-electron chi connectivity index (χ3n) is 5.60. The summed E-state index contributed by atoms with van der Waals surface area (Å²) in [4.78, 5) is 30.5. The Morgan fingerprint density at radius 1 is 1.09 bits per heavy atom. The number of amidine groups is 1. The SMILES string of the molecule is Cc1cccc(CN2CCN(C(=O)COC(=O)C3=CN4CCS(=O)(=O)N=C4C=C3)CC2)c1. The Labute approximate surface area is 187 Å². The van der Waals surface area contributed by atoms with Crippen LogP contribution < -0.4 is 0 Å². The molecule has 1 aromatic rings. The first kappa shape index (κ1) is 22.2. The maximum absolute atomic E-state index is 12.5. The second-order valence-electron chi connectivity index (χ2n) is 8.07. The van der Waals surface area contributed by atoms with Crippen molar-refractivity contribution in [3.63, 3.8) is 0 Å². The van der Waals surface area contributed by atoms with Gasteiger partial charge in [0.15, 0.2) is 6.61 Å². The number of hydrogen-bond donors (Lipinski definition) is 0. The Kier molecular flexibility index (Phi) is 6.43. The molecule has 3 aliphatic heterocycles. The molecule has 170 valence electrons. The first-order valence-corrected chi connectivity index (χ1v) is 12.1. The minimum Gasteiger partial charge on any atom is -0.452 e. The normalized spacial score (nSPS) is 20.3. The topological polar surface area (TPSA) is 99.6 Å². The molecule has 1 fully saturated rings. The number of esters is 1. The van der Waals surface area contributed by atoms with Crippen LogP contribution in [0.2, 0.25) is 0 Å². The molecule has 0 spiro atoms. The smallest absolute Gasteiger partial charge is 0.340 e. The zero-order valence-electron chi connectivity index (χ0n) is 17.9. The minimum absolute atomic E-state index is 0.114. The van der Waals surface area contributed by atoms with Gasteiger partial charge < -0.3 is 14.5 Å². The fourth-order valence-electron chi connectivity index (χ4n) is 3.85. The summed E-state index contributed by atoms with van der Waals surface area (Å²) in [6.45, 7) is 5.53. The van der Waals surface area contributed by atoms with E-state index in [-0.39, 0.29) is 36.2 Å². The van der Waals surface area contributed by atoms with Gasteiger partial charge in [-0.25, -0.2) is 13.2 Å². The van der Waals surface area contributed by atoms with Gasteiger partial charge in [0.05, 0.1) is 11.3 Å². The van der Waals surface area contributed by atoms with Gasteiger partial charge in [0, 0.05) is 45.5 Å². The van der Waals surface area contributed by atoms with E-state index in [1.165, 1.54) is 29.5 Å². The van der Waals surface area contributed by atoms with E-state index in [1.807, 2.05) is 0 Å². The van der Waals surface area contributed by atoms with Crippen LogP contribution in [-0.2, 0) is 30.9 Å². The highest BCUT2D eigenvalue weighted by atomic mass is 32.2. The summed E-state index contributed by atoms with van der Waals surface area (Å²) in [6.07, 6.45) is 4.42. The molecule has 0 aromatic heterocycles. The van der Waals surface area contributed by atoms with Crippen molar-refractivity contribution in [3.8, 4) is 0 Å². The fourth-order valence-corrected chi connectivity index (χ4v) is 4.82. The van der Waals surface area contributed by atoms with Gasteiger partial charge in [0.2, 0.25) is 0 Å². The summed E-state index contributed by atoms with van der Waals surface area (Å²) in [6, 6.07) is 8.40. The van der Waals surface area contributed by atoms with E-state index in [2.05, 4.69) is 40.5 Å². The summed E-state index contributed by atoms with van der Waals surface area (Å²) >= 11 is 0. The van der Waals surface area contributed by atoms with E-state index in [9.17, 15) is 18.0 Å². The van der Waals surface area contributed by atoms with Crippen molar-refractivity contribution in [2.75, 3.05) is 45.1 Å². The van der Waals surface area contributed by atoms with E-state index in [0.717, 1.165) is 19.6 Å². The van der Waals surface area contributed by atoms with Crippen LogP contribution >= 0.6 is 0 Å². The quantitative estimate of drug-likeness (QED) is 0.598. The molecule has 1 saturated heterocycles. The molecule has 0 radical (unpaired) electrons. The van der Waals surface area contributed by atoms with Gasteiger partial charge >= 0.3 is 5.97 Å². The number of ether oxygens (including phenoxy) is 1. The molecule has 0 aliphatic carbocycles. The highest BCUT2D eigenvalue weighted by Crippen LogP contribution is 2.17. The van der Waals surface area contributed by atoms with E-state index in [0.29, 0.717) is 13.1 Å². The number of sulfonamides is 1. The zero-order chi connectivity index (χ0) is 22.7. The summed E-state index contributed by atoms with van der Waals surface area (Å²) < 4.78 is 32.0. The molecule has 0 unspecified atom stereocenters. The Bertz CT molecular complexity index is 1100. The van der Waals surface area contributed by atoms with Crippen molar-refractivity contribution < 1.29 is 22.7 Å². The van der Waals surface area contributed by atoms with Gasteiger partial charge in [0.1, 0.15) is 5.84 Å². The number of hydrogen-bond acceptors (Lipinski definition) is 7. The predicted molar refractivity (Wildman–Crippen MR) is 119 cm³/mol. The van der Waals surface area contributed by atoms with E-state index in [1.54, 1.807) is 9.80 Å². The molecule has 0 N–H and O–H groups in total. The van der Waals surface area contributed by atoms with Crippen LogP contribution in [0.4, 0.5) is 0 Å². The standard InChI is InChI=1S/C22H26N4O5S/c1-17-3-2-4-18(13-17)14-24-7-9-25(10-8-24)21(27)16-31-22(28)19-5-6-20-23-32(29,30)12-11-26(20)15-19/h2-6,13,15H,7-12,14,16H2,1H3. The van der Waals surface area contributed by atoms with E-state index in [4.69, 9.17) is 4.74 Å². The fraction of sp³-hybridized carbons (Fsp3) is 0.409. The lowest BCUT2D eigenvalue weighted by molar-refractivity contribution is -0.149. The van der Waals surface area contributed by atoms with Crippen molar-refractivity contribution in [1.82, 2.24) is 14.7 Å². The molecule has 1 amide bonds. The third-order valence-corrected chi connectivity index (χ3v) is 6.76. The van der Waals surface area contributed by atoms with Crippen LogP contribution in [0.15, 0.2) is 52.6 Å². The maximum Gasteiger partial charge on any atom is 0.340 e. The average molecular weight is 459 g/mol. The molecule has 3 heterocycles. The zero-order valence-corrected chi connectivity index (χ0v) is 18.8. The number of nitrogens with zero attached hydrogens (tertiary/aromatic N) is 4. The molecule has 0 bridgehead atoms. The van der Waals surface area contributed by atoms with Gasteiger partial charge in [-0.3, -0.25) is 9.69 Å². The maximum atomic E-state index is 12.5. The van der Waals surface area contributed by atoms with Crippen molar-refractivity contribution in [2.45, 2.75) is 13.5 Å². The van der Waals surface area contributed by atoms with Gasteiger partial charge in [-0.1, -0.05) is 29.8 Å².